The predicted molar refractivity (Wildman–Crippen MR) is 190 cm³/mol. The maximum Gasteiger partial charge on any atom is 0.253 e. The van der Waals surface area contributed by atoms with Crippen molar-refractivity contribution in [2.75, 3.05) is 40.1 Å². The predicted octanol–water partition coefficient (Wildman–Crippen LogP) is 4.58. The first kappa shape index (κ1) is 34.8. The zero-order valence-corrected chi connectivity index (χ0v) is 29.2. The van der Waals surface area contributed by atoms with Crippen LogP contribution >= 0.6 is 0 Å². The Labute approximate surface area is 292 Å². The number of fused-ring (bicyclic) bond motifs is 3. The van der Waals surface area contributed by atoms with Crippen molar-refractivity contribution in [2.45, 2.75) is 62.6 Å². The molecule has 1 aliphatic heterocycles. The van der Waals surface area contributed by atoms with E-state index in [0.29, 0.717) is 42.0 Å². The zero-order chi connectivity index (χ0) is 35.9. The lowest BCUT2D eigenvalue weighted by Gasteiger charge is -2.40. The molecule has 0 bridgehead atoms. The molecule has 10 nitrogen and oxygen atoms in total. The molecule has 260 valence electrons. The highest BCUT2D eigenvalue weighted by Gasteiger charge is 2.54. The largest absolute Gasteiger partial charge is 0.345 e. The SMILES string of the molecule is C[C@H](CC1(C(=N)Nc2ccc(F)cc2)c2ccc(C(=O)N(C)C)cc2CCc2cc(C(=O)N(C)C)ccc21)NCC(=O)N1C(C#N)C[C@@H]2C[C@@H]21. The number of benzene rings is 3. The third-order valence-corrected chi connectivity index (χ3v) is 10.4. The van der Waals surface area contributed by atoms with E-state index in [-0.39, 0.29) is 42.2 Å². The third-order valence-electron chi connectivity index (χ3n) is 10.4. The lowest BCUT2D eigenvalue weighted by molar-refractivity contribution is -0.131. The van der Waals surface area contributed by atoms with Crippen LogP contribution < -0.4 is 10.6 Å². The number of amides is 3. The van der Waals surface area contributed by atoms with Crippen LogP contribution in [0.3, 0.4) is 0 Å². The Morgan fingerprint density at radius 2 is 1.50 bits per heavy atom. The molecule has 4 atom stereocenters. The number of halogens is 1. The Kier molecular flexibility index (Phi) is 9.51. The molecule has 6 rings (SSSR count). The van der Waals surface area contributed by atoms with Gasteiger partial charge in [0.15, 0.2) is 0 Å². The molecule has 50 heavy (non-hydrogen) atoms. The summed E-state index contributed by atoms with van der Waals surface area (Å²) < 4.78 is 13.9. The fraction of sp³-hybridized carbons (Fsp3) is 0.410. The van der Waals surface area contributed by atoms with Crippen molar-refractivity contribution >= 4 is 29.2 Å². The van der Waals surface area contributed by atoms with Gasteiger partial charge >= 0.3 is 0 Å². The molecular weight excluding hydrogens is 633 g/mol. The molecule has 0 spiro atoms. The number of piperidine rings is 1. The maximum atomic E-state index is 13.9. The second-order valence-corrected chi connectivity index (χ2v) is 14.3. The van der Waals surface area contributed by atoms with Gasteiger partial charge in [0.05, 0.1) is 18.0 Å². The normalized spacial score (nSPS) is 20.3. The second-order valence-electron chi connectivity index (χ2n) is 14.3. The third kappa shape index (κ3) is 6.48. The lowest BCUT2D eigenvalue weighted by atomic mass is 9.67. The summed E-state index contributed by atoms with van der Waals surface area (Å²) in [6, 6.07) is 18.8. The Balaban J connectivity index is 1.45. The molecule has 3 N–H and O–H groups in total. The van der Waals surface area contributed by atoms with Gasteiger partial charge in [0.25, 0.3) is 11.8 Å². The number of carbonyl (C=O) groups excluding carboxylic acids is 3. The van der Waals surface area contributed by atoms with Crippen molar-refractivity contribution in [1.82, 2.24) is 20.0 Å². The average molecular weight is 678 g/mol. The Morgan fingerprint density at radius 3 is 2.02 bits per heavy atom. The van der Waals surface area contributed by atoms with E-state index in [0.717, 1.165) is 35.1 Å². The minimum Gasteiger partial charge on any atom is -0.345 e. The summed E-state index contributed by atoms with van der Waals surface area (Å²) in [6.07, 6.45) is 3.13. The summed E-state index contributed by atoms with van der Waals surface area (Å²) in [7, 11) is 6.83. The first-order chi connectivity index (χ1) is 23.8. The summed E-state index contributed by atoms with van der Waals surface area (Å²) in [6.45, 7) is 2.02. The number of hydrogen-bond acceptors (Lipinski definition) is 6. The second kappa shape index (κ2) is 13.7. The van der Waals surface area contributed by atoms with Crippen molar-refractivity contribution in [3.63, 3.8) is 0 Å². The number of anilines is 1. The Bertz CT molecular complexity index is 1810. The van der Waals surface area contributed by atoms with Crippen molar-refractivity contribution < 1.29 is 18.8 Å². The van der Waals surface area contributed by atoms with Crippen LogP contribution in [-0.2, 0) is 23.1 Å². The van der Waals surface area contributed by atoms with E-state index in [1.807, 2.05) is 31.2 Å². The number of nitriles is 1. The Hall–Kier alpha value is -5.08. The number of likely N-dealkylation sites (tertiary alicyclic amines) is 1. The number of hydrogen-bond donors (Lipinski definition) is 3. The van der Waals surface area contributed by atoms with Crippen LogP contribution in [0.1, 0.15) is 69.2 Å². The number of carbonyl (C=O) groups is 3. The van der Waals surface area contributed by atoms with Crippen LogP contribution in [0.15, 0.2) is 60.7 Å². The van der Waals surface area contributed by atoms with E-state index in [9.17, 15) is 29.4 Å². The monoisotopic (exact) mass is 677 g/mol. The van der Waals surface area contributed by atoms with Gasteiger partial charge in [-0.1, -0.05) is 12.1 Å². The molecule has 1 saturated carbocycles. The van der Waals surface area contributed by atoms with Gasteiger partial charge in [0, 0.05) is 57.1 Å². The van der Waals surface area contributed by atoms with Crippen LogP contribution in [0.25, 0.3) is 0 Å². The van der Waals surface area contributed by atoms with Gasteiger partial charge in [-0.2, -0.15) is 5.26 Å². The highest BCUT2D eigenvalue weighted by molar-refractivity contribution is 6.05. The van der Waals surface area contributed by atoms with Gasteiger partial charge in [-0.25, -0.2) is 4.39 Å². The smallest absolute Gasteiger partial charge is 0.253 e. The standard InChI is InChI=1S/C39H44FN7O3/c1-23(43-22-35(48)47-31(21-41)18-28-19-34(28)47)20-39(38(42)44-30-12-10-29(40)11-13-30)32-14-8-26(36(49)45(2)3)16-24(32)6-7-25-17-27(9-15-33(25)39)37(50)46(4)5/h8-17,23,28,31,34,43H,6-7,18-20,22H2,1-5H3,(H2,42,44)/t23-,28-,31?,34+/m1/s1. The molecule has 2 aliphatic carbocycles. The number of nitrogens with zero attached hydrogens (tertiary/aromatic N) is 4. The van der Waals surface area contributed by atoms with Crippen LogP contribution in [-0.4, -0.2) is 91.1 Å². The van der Waals surface area contributed by atoms with Crippen molar-refractivity contribution in [1.29, 1.82) is 10.7 Å². The quantitative estimate of drug-likeness (QED) is 0.224. The first-order valence-corrected chi connectivity index (χ1v) is 17.1. The molecule has 3 aliphatic rings. The molecule has 0 radical (unpaired) electrons. The van der Waals surface area contributed by atoms with Gasteiger partial charge in [-0.05, 0) is 116 Å². The topological polar surface area (TPSA) is 133 Å². The highest BCUT2D eigenvalue weighted by atomic mass is 19.1. The highest BCUT2D eigenvalue weighted by Crippen LogP contribution is 2.48. The van der Waals surface area contributed by atoms with E-state index in [1.54, 1.807) is 57.4 Å². The first-order valence-electron chi connectivity index (χ1n) is 17.1. The minimum atomic E-state index is -1.13. The molecule has 1 heterocycles. The number of amidine groups is 1. The summed E-state index contributed by atoms with van der Waals surface area (Å²) in [4.78, 5) is 44.5. The molecule has 3 aromatic rings. The van der Waals surface area contributed by atoms with Gasteiger partial charge in [0.1, 0.15) is 17.7 Å². The molecule has 1 saturated heterocycles. The fourth-order valence-corrected chi connectivity index (χ4v) is 7.82. The molecule has 3 amide bonds. The van der Waals surface area contributed by atoms with E-state index in [4.69, 9.17) is 0 Å². The zero-order valence-electron chi connectivity index (χ0n) is 29.2. The van der Waals surface area contributed by atoms with Gasteiger partial charge in [0.2, 0.25) is 5.91 Å². The summed E-state index contributed by atoms with van der Waals surface area (Å²) >= 11 is 0. The van der Waals surface area contributed by atoms with Crippen molar-refractivity contribution in [2.24, 2.45) is 5.92 Å². The van der Waals surface area contributed by atoms with Gasteiger partial charge in [-0.3, -0.25) is 19.8 Å². The summed E-state index contributed by atoms with van der Waals surface area (Å²) in [5.74, 6) is -0.228. The number of aryl methyl sites for hydroxylation is 2. The Morgan fingerprint density at radius 1 is 0.940 bits per heavy atom. The number of rotatable bonds is 9. The van der Waals surface area contributed by atoms with Crippen LogP contribution in [0.4, 0.5) is 10.1 Å². The van der Waals surface area contributed by atoms with Crippen molar-refractivity contribution in [3.05, 3.63) is 99.9 Å². The van der Waals surface area contributed by atoms with E-state index >= 15 is 0 Å². The lowest BCUT2D eigenvalue weighted by Crippen LogP contribution is -2.49. The molecule has 11 heteroatoms. The van der Waals surface area contributed by atoms with Gasteiger partial charge in [-0.15, -0.1) is 0 Å². The van der Waals surface area contributed by atoms with Crippen LogP contribution in [0, 0.1) is 28.5 Å². The summed E-state index contributed by atoms with van der Waals surface area (Å²) in [5, 5.41) is 26.2. The van der Waals surface area contributed by atoms with Gasteiger partial charge < -0.3 is 25.3 Å². The maximum absolute atomic E-state index is 13.9. The summed E-state index contributed by atoms with van der Waals surface area (Å²) in [5.41, 5.74) is 3.94. The van der Waals surface area contributed by atoms with E-state index in [2.05, 4.69) is 16.7 Å². The van der Waals surface area contributed by atoms with E-state index in [1.165, 1.54) is 21.9 Å². The minimum absolute atomic E-state index is 0.0453. The molecule has 2 fully saturated rings. The molecule has 3 aromatic carbocycles. The van der Waals surface area contributed by atoms with Crippen LogP contribution in [0.2, 0.25) is 0 Å². The number of nitrogens with one attached hydrogen (secondary N) is 3. The van der Waals surface area contributed by atoms with E-state index < -0.39 is 17.3 Å². The van der Waals surface area contributed by atoms with Crippen molar-refractivity contribution in [3.8, 4) is 6.07 Å². The molecular formula is C39H44FN7O3. The average Bonchev–Trinajstić information content (AvgIpc) is 3.79. The molecule has 1 unspecified atom stereocenters. The van der Waals surface area contributed by atoms with Crippen LogP contribution in [0.5, 0.6) is 0 Å². The molecule has 0 aromatic heterocycles. The fourth-order valence-electron chi connectivity index (χ4n) is 7.82.